The van der Waals surface area contributed by atoms with Crippen LogP contribution in [-0.2, 0) is 0 Å². The number of aromatic nitrogens is 3. The zero-order valence-corrected chi connectivity index (χ0v) is 18.3. The van der Waals surface area contributed by atoms with E-state index in [0.717, 1.165) is 25.7 Å². The highest BCUT2D eigenvalue weighted by atomic mass is 19.1. The summed E-state index contributed by atoms with van der Waals surface area (Å²) in [4.78, 5) is 34.4. The van der Waals surface area contributed by atoms with Crippen molar-refractivity contribution in [3.8, 4) is 0 Å². The number of halogens is 1. The largest absolute Gasteiger partial charge is 0.383 e. The lowest BCUT2D eigenvalue weighted by atomic mass is 10.0. The molecule has 1 fully saturated rings. The molecule has 2 aromatic heterocycles. The van der Waals surface area contributed by atoms with Crippen molar-refractivity contribution in [3.05, 3.63) is 78.0 Å². The summed E-state index contributed by atoms with van der Waals surface area (Å²) in [6.07, 6.45) is 7.59. The number of carbonyl (C=O) groups is 2. The molecule has 2 amide bonds. The highest BCUT2D eigenvalue weighted by Crippen LogP contribution is 2.35. The maximum Gasteiger partial charge on any atom is 0.323 e. The van der Waals surface area contributed by atoms with E-state index in [9.17, 15) is 14.0 Å². The summed E-state index contributed by atoms with van der Waals surface area (Å²) in [6.45, 7) is 0. The van der Waals surface area contributed by atoms with Crippen LogP contribution >= 0.6 is 0 Å². The van der Waals surface area contributed by atoms with Gasteiger partial charge in [0, 0.05) is 29.2 Å². The van der Waals surface area contributed by atoms with Crippen LogP contribution in [0, 0.1) is 5.82 Å². The third-order valence-electron chi connectivity index (χ3n) is 6.09. The van der Waals surface area contributed by atoms with Crippen molar-refractivity contribution in [2.24, 2.45) is 0 Å². The van der Waals surface area contributed by atoms with Crippen LogP contribution in [0.15, 0.2) is 61.1 Å². The monoisotopic (exact) mass is 458 g/mol. The van der Waals surface area contributed by atoms with Gasteiger partial charge in [0.05, 0.1) is 10.9 Å². The van der Waals surface area contributed by atoms with Gasteiger partial charge < -0.3 is 20.9 Å². The smallest absolute Gasteiger partial charge is 0.323 e. The topological polar surface area (TPSA) is 115 Å². The lowest BCUT2D eigenvalue weighted by molar-refractivity contribution is 0.104. The number of hydrogen-bond acceptors (Lipinski definition) is 5. The van der Waals surface area contributed by atoms with Crippen LogP contribution in [0.4, 0.5) is 26.4 Å². The third kappa shape index (κ3) is 4.19. The molecule has 9 heteroatoms. The molecule has 0 aliphatic heterocycles. The van der Waals surface area contributed by atoms with E-state index in [1.165, 1.54) is 30.6 Å². The van der Waals surface area contributed by atoms with Gasteiger partial charge in [0.15, 0.2) is 5.78 Å². The maximum absolute atomic E-state index is 13.5. The zero-order chi connectivity index (χ0) is 23.7. The molecule has 0 bridgehead atoms. The minimum Gasteiger partial charge on any atom is -0.383 e. The number of ketones is 1. The lowest BCUT2D eigenvalue weighted by Gasteiger charge is -2.12. The second-order valence-electron chi connectivity index (χ2n) is 8.34. The molecule has 0 spiro atoms. The molecule has 2 aromatic carbocycles. The fourth-order valence-electron chi connectivity index (χ4n) is 4.46. The predicted molar refractivity (Wildman–Crippen MR) is 128 cm³/mol. The van der Waals surface area contributed by atoms with Gasteiger partial charge in [-0.2, -0.15) is 0 Å². The minimum absolute atomic E-state index is 0.231. The first kappa shape index (κ1) is 21.6. The van der Waals surface area contributed by atoms with Gasteiger partial charge >= 0.3 is 6.03 Å². The Hall–Kier alpha value is -4.27. The van der Waals surface area contributed by atoms with E-state index in [1.807, 2.05) is 10.8 Å². The molecular formula is C25H23FN6O2. The van der Waals surface area contributed by atoms with Crippen LogP contribution in [0.3, 0.4) is 0 Å². The van der Waals surface area contributed by atoms with Gasteiger partial charge in [0.2, 0.25) is 0 Å². The predicted octanol–water partition coefficient (Wildman–Crippen LogP) is 5.14. The van der Waals surface area contributed by atoms with Gasteiger partial charge in [-0.25, -0.2) is 19.2 Å². The summed E-state index contributed by atoms with van der Waals surface area (Å²) >= 11 is 0. The van der Waals surface area contributed by atoms with Crippen LogP contribution < -0.4 is 16.4 Å². The molecule has 0 saturated heterocycles. The summed E-state index contributed by atoms with van der Waals surface area (Å²) in [6, 6.07) is 11.9. The summed E-state index contributed by atoms with van der Waals surface area (Å²) < 4.78 is 15.1. The Balaban J connectivity index is 1.42. The number of hydrogen-bond donors (Lipinski definition) is 3. The molecule has 5 rings (SSSR count). The van der Waals surface area contributed by atoms with Crippen molar-refractivity contribution in [2.45, 2.75) is 31.7 Å². The Morgan fingerprint density at radius 2 is 1.74 bits per heavy atom. The third-order valence-corrected chi connectivity index (χ3v) is 6.09. The zero-order valence-electron chi connectivity index (χ0n) is 18.3. The summed E-state index contributed by atoms with van der Waals surface area (Å²) in [7, 11) is 0. The van der Waals surface area contributed by atoms with Crippen molar-refractivity contribution in [1.29, 1.82) is 0 Å². The quantitative estimate of drug-likeness (QED) is 0.358. The Bertz CT molecular complexity index is 1380. The summed E-state index contributed by atoms with van der Waals surface area (Å²) in [5.74, 6) is -0.360. The number of nitrogen functional groups attached to an aromatic ring is 1. The van der Waals surface area contributed by atoms with Crippen molar-refractivity contribution in [1.82, 2.24) is 14.5 Å². The number of amides is 2. The van der Waals surface area contributed by atoms with Crippen LogP contribution in [0.1, 0.15) is 47.6 Å². The molecule has 4 aromatic rings. The van der Waals surface area contributed by atoms with Gasteiger partial charge in [-0.1, -0.05) is 25.0 Å². The molecule has 0 unspecified atom stereocenters. The molecule has 8 nitrogen and oxygen atoms in total. The number of nitrogens with zero attached hydrogens (tertiary/aromatic N) is 3. The van der Waals surface area contributed by atoms with Crippen LogP contribution in [-0.4, -0.2) is 26.3 Å². The minimum atomic E-state index is -0.508. The highest BCUT2D eigenvalue weighted by molar-refractivity contribution is 6.18. The Kier molecular flexibility index (Phi) is 5.67. The van der Waals surface area contributed by atoms with Gasteiger partial charge in [-0.3, -0.25) is 4.79 Å². The van der Waals surface area contributed by atoms with Crippen molar-refractivity contribution in [3.63, 3.8) is 0 Å². The van der Waals surface area contributed by atoms with Gasteiger partial charge in [0.1, 0.15) is 23.6 Å². The van der Waals surface area contributed by atoms with Crippen molar-refractivity contribution < 1.29 is 14.0 Å². The van der Waals surface area contributed by atoms with Gasteiger partial charge in [-0.05, 0) is 49.2 Å². The molecule has 2 heterocycles. The number of anilines is 3. The molecular weight excluding hydrogens is 435 g/mol. The van der Waals surface area contributed by atoms with Crippen LogP contribution in [0.25, 0.3) is 11.0 Å². The molecule has 1 aliphatic carbocycles. The normalized spacial score (nSPS) is 13.8. The average molecular weight is 458 g/mol. The number of rotatable bonds is 5. The molecule has 0 radical (unpaired) electrons. The first-order valence-corrected chi connectivity index (χ1v) is 11.1. The van der Waals surface area contributed by atoms with E-state index < -0.39 is 11.8 Å². The average Bonchev–Trinajstić information content (AvgIpc) is 3.49. The van der Waals surface area contributed by atoms with Crippen molar-refractivity contribution in [2.75, 3.05) is 16.4 Å². The number of nitrogens with one attached hydrogen (secondary N) is 2. The number of nitrogens with two attached hydrogens (primary N) is 1. The Labute approximate surface area is 195 Å². The fraction of sp³-hybridized carbons (Fsp3) is 0.200. The highest BCUT2D eigenvalue weighted by Gasteiger charge is 2.25. The standard InChI is InChI=1S/C25H23FN6O2/c26-16-8-10-17(11-9-16)30-25(34)31-18-5-3-4-15(12-18)22(33)20-13-32(19-6-1-2-7-19)24-21(20)23(27)28-14-29-24/h3-5,8-14,19H,1-2,6-7H2,(H2,27,28,29)(H2,30,31,34). The van der Waals surface area contributed by atoms with Crippen LogP contribution in [0.5, 0.6) is 0 Å². The van der Waals surface area contributed by atoms with E-state index >= 15 is 0 Å². The van der Waals surface area contributed by atoms with Crippen molar-refractivity contribution >= 4 is 40.0 Å². The molecule has 0 atom stereocenters. The molecule has 1 aliphatic rings. The van der Waals surface area contributed by atoms with E-state index in [2.05, 4.69) is 20.6 Å². The van der Waals surface area contributed by atoms with Crippen LogP contribution in [0.2, 0.25) is 0 Å². The number of fused-ring (bicyclic) bond motifs is 1. The number of carbonyl (C=O) groups excluding carboxylic acids is 2. The SMILES string of the molecule is Nc1ncnc2c1c(C(=O)c1cccc(NC(=O)Nc3ccc(F)cc3)c1)cn2C1CCCC1. The second kappa shape index (κ2) is 8.93. The first-order valence-electron chi connectivity index (χ1n) is 11.1. The molecule has 4 N–H and O–H groups in total. The first-order chi connectivity index (χ1) is 16.5. The van der Waals surface area contributed by atoms with E-state index in [1.54, 1.807) is 24.3 Å². The maximum atomic E-state index is 13.5. The second-order valence-corrected chi connectivity index (χ2v) is 8.34. The van der Waals surface area contributed by atoms with E-state index in [0.29, 0.717) is 33.5 Å². The molecule has 1 saturated carbocycles. The summed E-state index contributed by atoms with van der Waals surface area (Å²) in [5.41, 5.74) is 8.54. The van der Waals surface area contributed by atoms with Gasteiger partial charge in [-0.15, -0.1) is 0 Å². The number of benzene rings is 2. The number of urea groups is 1. The Morgan fingerprint density at radius 1 is 1.00 bits per heavy atom. The summed E-state index contributed by atoms with van der Waals surface area (Å²) in [5, 5.41) is 5.87. The molecule has 172 valence electrons. The lowest BCUT2D eigenvalue weighted by Crippen LogP contribution is -2.19. The van der Waals surface area contributed by atoms with E-state index in [-0.39, 0.29) is 17.6 Å². The van der Waals surface area contributed by atoms with E-state index in [4.69, 9.17) is 5.73 Å². The van der Waals surface area contributed by atoms with Gasteiger partial charge in [0.25, 0.3) is 0 Å². The fourth-order valence-corrected chi connectivity index (χ4v) is 4.46. The molecule has 34 heavy (non-hydrogen) atoms. The Morgan fingerprint density at radius 3 is 2.50 bits per heavy atom.